The van der Waals surface area contributed by atoms with E-state index in [2.05, 4.69) is 62.5 Å². The zero-order valence-electron chi connectivity index (χ0n) is 30.9. The SMILES string of the molecule is CCC=CCC=CCC=CCC=CCCCCCCC(=O)OC(COC(=O)CCCCCCCCCCCCC)COP(=O)(O)OCCN. The maximum absolute atomic E-state index is 12.5. The fourth-order valence-electron chi connectivity index (χ4n) is 4.92. The summed E-state index contributed by atoms with van der Waals surface area (Å²) in [6.45, 7) is 3.56. The van der Waals surface area contributed by atoms with Gasteiger partial charge in [-0.3, -0.25) is 18.6 Å². The summed E-state index contributed by atoms with van der Waals surface area (Å²) in [6.07, 6.45) is 38.5. The van der Waals surface area contributed by atoms with Gasteiger partial charge in [-0.2, -0.15) is 0 Å². The molecule has 0 aromatic rings. The quantitative estimate of drug-likeness (QED) is 0.0285. The fourth-order valence-corrected chi connectivity index (χ4v) is 5.68. The van der Waals surface area contributed by atoms with E-state index in [1.54, 1.807) is 0 Å². The summed E-state index contributed by atoms with van der Waals surface area (Å²) in [6, 6.07) is 0. The topological polar surface area (TPSA) is 134 Å². The van der Waals surface area contributed by atoms with Gasteiger partial charge in [-0.1, -0.05) is 140 Å². The van der Waals surface area contributed by atoms with Crippen molar-refractivity contribution >= 4 is 19.8 Å². The maximum Gasteiger partial charge on any atom is 0.472 e. The van der Waals surface area contributed by atoms with Crippen molar-refractivity contribution in [1.82, 2.24) is 0 Å². The summed E-state index contributed by atoms with van der Waals surface area (Å²) in [7, 11) is -4.38. The highest BCUT2D eigenvalue weighted by atomic mass is 31.2. The molecular formula is C39H70NO8P. The highest BCUT2D eigenvalue weighted by Crippen LogP contribution is 2.43. The number of hydrogen-bond acceptors (Lipinski definition) is 8. The number of ether oxygens (including phenoxy) is 2. The van der Waals surface area contributed by atoms with Crippen molar-refractivity contribution in [2.75, 3.05) is 26.4 Å². The van der Waals surface area contributed by atoms with Crippen LogP contribution in [0.2, 0.25) is 0 Å². The number of nitrogens with two attached hydrogens (primary N) is 1. The van der Waals surface area contributed by atoms with Gasteiger partial charge in [-0.15, -0.1) is 0 Å². The molecule has 2 atom stereocenters. The number of carbonyl (C=O) groups is 2. The molecule has 10 heteroatoms. The van der Waals surface area contributed by atoms with Crippen LogP contribution in [0.5, 0.6) is 0 Å². The second-order valence-corrected chi connectivity index (χ2v) is 13.9. The number of allylic oxidation sites excluding steroid dienone is 8. The summed E-state index contributed by atoms with van der Waals surface area (Å²) < 4.78 is 32.6. The van der Waals surface area contributed by atoms with Crippen molar-refractivity contribution in [1.29, 1.82) is 0 Å². The normalized spacial score (nSPS) is 14.0. The van der Waals surface area contributed by atoms with Crippen LogP contribution in [0.25, 0.3) is 0 Å². The molecule has 3 N–H and O–H groups in total. The molecule has 0 radical (unpaired) electrons. The average Bonchev–Trinajstić information content (AvgIpc) is 3.08. The third-order valence-corrected chi connectivity index (χ3v) is 8.71. The molecule has 0 amide bonds. The summed E-state index contributed by atoms with van der Waals surface area (Å²) in [5, 5.41) is 0. The second-order valence-electron chi connectivity index (χ2n) is 12.4. The highest BCUT2D eigenvalue weighted by Gasteiger charge is 2.25. The van der Waals surface area contributed by atoms with E-state index < -0.39 is 32.5 Å². The van der Waals surface area contributed by atoms with E-state index in [4.69, 9.17) is 24.3 Å². The standard InChI is InChI=1S/C39H70NO8P/c1-3-5-7-9-11-13-15-16-17-18-19-20-22-24-26-28-30-32-39(42)48-37(36-47-49(43,44)46-34-33-40)35-45-38(41)31-29-27-25-23-21-14-12-10-8-6-4-2/h5,7,11,13,16-17,19-20,37H,3-4,6,8-10,12,14-15,18,21-36,40H2,1-2H3,(H,43,44). The van der Waals surface area contributed by atoms with Crippen molar-refractivity contribution in [2.24, 2.45) is 5.73 Å². The molecule has 0 saturated carbocycles. The molecular weight excluding hydrogens is 641 g/mol. The van der Waals surface area contributed by atoms with Gasteiger partial charge < -0.3 is 20.1 Å². The minimum absolute atomic E-state index is 0.0480. The van der Waals surface area contributed by atoms with Crippen LogP contribution in [0.15, 0.2) is 48.6 Å². The van der Waals surface area contributed by atoms with Gasteiger partial charge in [-0.05, 0) is 51.4 Å². The van der Waals surface area contributed by atoms with Crippen LogP contribution in [0.3, 0.4) is 0 Å². The predicted octanol–water partition coefficient (Wildman–Crippen LogP) is 10.4. The molecule has 0 spiro atoms. The Kier molecular flexibility index (Phi) is 34.3. The van der Waals surface area contributed by atoms with Gasteiger partial charge >= 0.3 is 19.8 Å². The Morgan fingerprint density at radius 1 is 0.633 bits per heavy atom. The smallest absolute Gasteiger partial charge is 0.462 e. The third-order valence-electron chi connectivity index (χ3n) is 7.73. The lowest BCUT2D eigenvalue weighted by molar-refractivity contribution is -0.161. The Labute approximate surface area is 298 Å². The molecule has 49 heavy (non-hydrogen) atoms. The molecule has 284 valence electrons. The number of hydrogen-bond donors (Lipinski definition) is 2. The van der Waals surface area contributed by atoms with Crippen molar-refractivity contribution in [2.45, 2.75) is 161 Å². The Balaban J connectivity index is 4.27. The zero-order valence-corrected chi connectivity index (χ0v) is 31.8. The van der Waals surface area contributed by atoms with Crippen LogP contribution >= 0.6 is 7.82 Å². The van der Waals surface area contributed by atoms with Gasteiger partial charge in [0, 0.05) is 19.4 Å². The van der Waals surface area contributed by atoms with E-state index in [0.717, 1.165) is 70.6 Å². The molecule has 9 nitrogen and oxygen atoms in total. The highest BCUT2D eigenvalue weighted by molar-refractivity contribution is 7.47. The largest absolute Gasteiger partial charge is 0.472 e. The molecule has 0 aliphatic heterocycles. The molecule has 0 aromatic heterocycles. The Bertz CT molecular complexity index is 949. The number of phosphoric ester groups is 1. The lowest BCUT2D eigenvalue weighted by Crippen LogP contribution is -2.29. The molecule has 0 rings (SSSR count). The fraction of sp³-hybridized carbons (Fsp3) is 0.744. The molecule has 0 aliphatic rings. The van der Waals surface area contributed by atoms with Crippen LogP contribution in [-0.4, -0.2) is 49.3 Å². The first kappa shape index (κ1) is 47.0. The first-order valence-corrected chi connectivity index (χ1v) is 20.6. The van der Waals surface area contributed by atoms with Gasteiger partial charge in [0.25, 0.3) is 0 Å². The van der Waals surface area contributed by atoms with Crippen LogP contribution in [0.1, 0.15) is 155 Å². The molecule has 0 aromatic carbocycles. The lowest BCUT2D eigenvalue weighted by atomic mass is 10.1. The monoisotopic (exact) mass is 711 g/mol. The van der Waals surface area contributed by atoms with E-state index in [9.17, 15) is 19.0 Å². The van der Waals surface area contributed by atoms with Crippen molar-refractivity contribution in [3.63, 3.8) is 0 Å². The molecule has 0 bridgehead atoms. The van der Waals surface area contributed by atoms with Gasteiger partial charge in [0.15, 0.2) is 6.10 Å². The summed E-state index contributed by atoms with van der Waals surface area (Å²) in [5.74, 6) is -0.860. The second kappa shape index (κ2) is 35.8. The van der Waals surface area contributed by atoms with Gasteiger partial charge in [0.2, 0.25) is 0 Å². The van der Waals surface area contributed by atoms with Gasteiger partial charge in [0.05, 0.1) is 13.2 Å². The van der Waals surface area contributed by atoms with Crippen molar-refractivity contribution < 1.29 is 37.6 Å². The number of unbranched alkanes of at least 4 members (excludes halogenated alkanes) is 14. The third kappa shape index (κ3) is 35.6. The molecule has 0 aliphatic carbocycles. The molecule has 0 fully saturated rings. The first-order chi connectivity index (χ1) is 23.8. The van der Waals surface area contributed by atoms with E-state index in [1.165, 1.54) is 51.4 Å². The summed E-state index contributed by atoms with van der Waals surface area (Å²) in [5.41, 5.74) is 5.33. The number of rotatable bonds is 35. The van der Waals surface area contributed by atoms with E-state index >= 15 is 0 Å². The minimum atomic E-state index is -4.38. The van der Waals surface area contributed by atoms with Crippen LogP contribution < -0.4 is 5.73 Å². The summed E-state index contributed by atoms with van der Waals surface area (Å²) in [4.78, 5) is 34.7. The van der Waals surface area contributed by atoms with Crippen molar-refractivity contribution in [3.05, 3.63) is 48.6 Å². The predicted molar refractivity (Wildman–Crippen MR) is 201 cm³/mol. The average molecular weight is 712 g/mol. The Hall–Kier alpha value is -2.03. The molecule has 0 heterocycles. The first-order valence-electron chi connectivity index (χ1n) is 19.1. The maximum atomic E-state index is 12.5. The van der Waals surface area contributed by atoms with Crippen LogP contribution in [-0.2, 0) is 32.7 Å². The minimum Gasteiger partial charge on any atom is -0.462 e. The van der Waals surface area contributed by atoms with Crippen molar-refractivity contribution in [3.8, 4) is 0 Å². The zero-order chi connectivity index (χ0) is 36.1. The molecule has 0 saturated heterocycles. The molecule has 2 unspecified atom stereocenters. The Morgan fingerprint density at radius 3 is 1.67 bits per heavy atom. The van der Waals surface area contributed by atoms with E-state index in [-0.39, 0.29) is 32.6 Å². The van der Waals surface area contributed by atoms with Gasteiger partial charge in [-0.25, -0.2) is 4.57 Å². The van der Waals surface area contributed by atoms with Crippen LogP contribution in [0.4, 0.5) is 0 Å². The van der Waals surface area contributed by atoms with E-state index in [1.807, 2.05) is 0 Å². The number of phosphoric acid groups is 1. The number of esters is 2. The lowest BCUT2D eigenvalue weighted by Gasteiger charge is -2.19. The van der Waals surface area contributed by atoms with Gasteiger partial charge in [0.1, 0.15) is 6.61 Å². The van der Waals surface area contributed by atoms with Crippen LogP contribution in [0, 0.1) is 0 Å². The Morgan fingerprint density at radius 2 is 1.12 bits per heavy atom. The van der Waals surface area contributed by atoms with E-state index in [0.29, 0.717) is 6.42 Å². The number of carbonyl (C=O) groups excluding carboxylic acids is 2. The summed E-state index contributed by atoms with van der Waals surface area (Å²) >= 11 is 0.